The topological polar surface area (TPSA) is 12.0 Å². The molecule has 15 heavy (non-hydrogen) atoms. The molecule has 0 aliphatic rings. The van der Waals surface area contributed by atoms with Gasteiger partial charge in [0.1, 0.15) is 5.82 Å². The molecular weight excluding hydrogens is 189 g/mol. The Morgan fingerprint density at radius 1 is 1.53 bits per heavy atom. The lowest BCUT2D eigenvalue weighted by Crippen LogP contribution is -2.21. The van der Waals surface area contributed by atoms with E-state index >= 15 is 0 Å². The van der Waals surface area contributed by atoms with E-state index in [1.165, 1.54) is 6.07 Å². The van der Waals surface area contributed by atoms with Gasteiger partial charge >= 0.3 is 0 Å². The third-order valence-electron chi connectivity index (χ3n) is 2.30. The molecule has 0 bridgehead atoms. The van der Waals surface area contributed by atoms with Gasteiger partial charge in [-0.2, -0.15) is 0 Å². The summed E-state index contributed by atoms with van der Waals surface area (Å²) in [7, 11) is 0. The van der Waals surface area contributed by atoms with Gasteiger partial charge in [0, 0.05) is 18.0 Å². The number of nitrogens with one attached hydrogen (secondary N) is 1. The van der Waals surface area contributed by atoms with Crippen LogP contribution in [0.5, 0.6) is 0 Å². The van der Waals surface area contributed by atoms with E-state index in [1.54, 1.807) is 6.07 Å². The van der Waals surface area contributed by atoms with Crippen LogP contribution in [0.1, 0.15) is 30.5 Å². The van der Waals surface area contributed by atoms with Crippen molar-refractivity contribution in [3.05, 3.63) is 35.1 Å². The zero-order valence-corrected chi connectivity index (χ0v) is 9.18. The minimum absolute atomic E-state index is 0.0828. The van der Waals surface area contributed by atoms with Crippen molar-refractivity contribution >= 4 is 0 Å². The molecule has 0 radical (unpaired) electrons. The number of aryl methyl sites for hydroxylation is 1. The number of hydrogen-bond donors (Lipinski definition) is 1. The summed E-state index contributed by atoms with van der Waals surface area (Å²) in [5, 5.41) is 3.18. The van der Waals surface area contributed by atoms with Gasteiger partial charge in [0.25, 0.3) is 0 Å². The molecule has 1 aromatic rings. The van der Waals surface area contributed by atoms with Crippen LogP contribution in [0, 0.1) is 25.1 Å². The van der Waals surface area contributed by atoms with Crippen LogP contribution in [0.3, 0.4) is 0 Å². The van der Waals surface area contributed by atoms with Crippen LogP contribution in [0.2, 0.25) is 0 Å². The molecule has 0 spiro atoms. The summed E-state index contributed by atoms with van der Waals surface area (Å²) in [4.78, 5) is 0. The Kier molecular flexibility index (Phi) is 4.33. The second-order valence-corrected chi connectivity index (χ2v) is 3.54. The SMILES string of the molecule is C#CCC(NCC)c1ccc(C)cc1F. The van der Waals surface area contributed by atoms with Crippen molar-refractivity contribution in [2.45, 2.75) is 26.3 Å². The van der Waals surface area contributed by atoms with Gasteiger partial charge in [0.2, 0.25) is 0 Å². The fraction of sp³-hybridized carbons (Fsp3) is 0.385. The lowest BCUT2D eigenvalue weighted by Gasteiger charge is -2.16. The Morgan fingerprint density at radius 2 is 2.27 bits per heavy atom. The van der Waals surface area contributed by atoms with Crippen molar-refractivity contribution in [2.24, 2.45) is 0 Å². The van der Waals surface area contributed by atoms with Crippen molar-refractivity contribution < 1.29 is 4.39 Å². The number of benzene rings is 1. The summed E-state index contributed by atoms with van der Waals surface area (Å²) in [6, 6.07) is 5.16. The highest BCUT2D eigenvalue weighted by atomic mass is 19.1. The molecule has 0 saturated heterocycles. The highest BCUT2D eigenvalue weighted by Crippen LogP contribution is 2.20. The summed E-state index contributed by atoms with van der Waals surface area (Å²) in [6.07, 6.45) is 5.77. The molecule has 0 heterocycles. The molecule has 1 atom stereocenters. The van der Waals surface area contributed by atoms with Crippen LogP contribution < -0.4 is 5.32 Å². The summed E-state index contributed by atoms with van der Waals surface area (Å²) in [6.45, 7) is 4.63. The van der Waals surface area contributed by atoms with Gasteiger partial charge in [-0.05, 0) is 25.1 Å². The Morgan fingerprint density at radius 3 is 2.80 bits per heavy atom. The average molecular weight is 205 g/mol. The van der Waals surface area contributed by atoms with E-state index in [0.717, 1.165) is 12.1 Å². The normalized spacial score (nSPS) is 12.1. The average Bonchev–Trinajstić information content (AvgIpc) is 2.17. The number of rotatable bonds is 4. The second kappa shape index (κ2) is 5.53. The van der Waals surface area contributed by atoms with Crippen molar-refractivity contribution in [3.8, 4) is 12.3 Å². The van der Waals surface area contributed by atoms with Crippen LogP contribution in [-0.2, 0) is 0 Å². The van der Waals surface area contributed by atoms with Gasteiger partial charge < -0.3 is 5.32 Å². The monoisotopic (exact) mass is 205 g/mol. The highest BCUT2D eigenvalue weighted by molar-refractivity contribution is 5.27. The highest BCUT2D eigenvalue weighted by Gasteiger charge is 2.13. The maximum Gasteiger partial charge on any atom is 0.128 e. The lowest BCUT2D eigenvalue weighted by atomic mass is 10.0. The molecule has 1 N–H and O–H groups in total. The summed E-state index contributed by atoms with van der Waals surface area (Å²) >= 11 is 0. The minimum atomic E-state index is -0.184. The quantitative estimate of drug-likeness (QED) is 0.745. The molecule has 0 fully saturated rings. The van der Waals surface area contributed by atoms with Gasteiger partial charge in [0.15, 0.2) is 0 Å². The van der Waals surface area contributed by atoms with E-state index < -0.39 is 0 Å². The van der Waals surface area contributed by atoms with Crippen molar-refractivity contribution in [2.75, 3.05) is 6.54 Å². The predicted molar refractivity (Wildman–Crippen MR) is 61.0 cm³/mol. The van der Waals surface area contributed by atoms with E-state index in [0.29, 0.717) is 12.0 Å². The molecule has 0 amide bonds. The number of halogens is 1. The standard InChI is InChI=1S/C13H16FN/c1-4-6-13(15-5-2)11-8-7-10(3)9-12(11)14/h1,7-9,13,15H,5-6H2,2-3H3. The van der Waals surface area contributed by atoms with Gasteiger partial charge in [-0.3, -0.25) is 0 Å². The molecule has 0 aromatic heterocycles. The fourth-order valence-electron chi connectivity index (χ4n) is 1.57. The van der Waals surface area contributed by atoms with Gasteiger partial charge in [0.05, 0.1) is 0 Å². The first kappa shape index (κ1) is 11.7. The largest absolute Gasteiger partial charge is 0.309 e. The van der Waals surface area contributed by atoms with Crippen molar-refractivity contribution in [3.63, 3.8) is 0 Å². The van der Waals surface area contributed by atoms with Crippen molar-refractivity contribution in [1.82, 2.24) is 5.32 Å². The first-order valence-electron chi connectivity index (χ1n) is 5.12. The van der Waals surface area contributed by atoms with E-state index in [2.05, 4.69) is 11.2 Å². The second-order valence-electron chi connectivity index (χ2n) is 3.54. The third kappa shape index (κ3) is 3.07. The van der Waals surface area contributed by atoms with Crippen LogP contribution in [0.15, 0.2) is 18.2 Å². The maximum absolute atomic E-state index is 13.6. The predicted octanol–water partition coefficient (Wildman–Crippen LogP) is 2.81. The molecule has 1 rings (SSSR count). The smallest absolute Gasteiger partial charge is 0.128 e. The van der Waals surface area contributed by atoms with E-state index in [-0.39, 0.29) is 11.9 Å². The molecule has 1 aromatic carbocycles. The van der Waals surface area contributed by atoms with Gasteiger partial charge in [-0.1, -0.05) is 19.1 Å². The molecule has 2 heteroatoms. The Labute approximate surface area is 90.7 Å². The number of hydrogen-bond acceptors (Lipinski definition) is 1. The zero-order valence-electron chi connectivity index (χ0n) is 9.18. The molecular formula is C13H16FN. The Bertz CT molecular complexity index is 365. The van der Waals surface area contributed by atoms with E-state index in [9.17, 15) is 4.39 Å². The van der Waals surface area contributed by atoms with E-state index in [1.807, 2.05) is 19.9 Å². The summed E-state index contributed by atoms with van der Waals surface area (Å²) < 4.78 is 13.6. The Balaban J connectivity index is 2.95. The minimum Gasteiger partial charge on any atom is -0.309 e. The van der Waals surface area contributed by atoms with Gasteiger partial charge in [-0.25, -0.2) is 4.39 Å². The van der Waals surface area contributed by atoms with Crippen LogP contribution in [-0.4, -0.2) is 6.54 Å². The molecule has 1 unspecified atom stereocenters. The summed E-state index contributed by atoms with van der Waals surface area (Å²) in [5.41, 5.74) is 1.58. The molecule has 0 aliphatic heterocycles. The summed E-state index contributed by atoms with van der Waals surface area (Å²) in [5.74, 6) is 2.38. The third-order valence-corrected chi connectivity index (χ3v) is 2.30. The van der Waals surface area contributed by atoms with Crippen LogP contribution in [0.25, 0.3) is 0 Å². The lowest BCUT2D eigenvalue weighted by molar-refractivity contribution is 0.520. The van der Waals surface area contributed by atoms with Crippen LogP contribution >= 0.6 is 0 Å². The number of terminal acetylenes is 1. The molecule has 1 nitrogen and oxygen atoms in total. The Hall–Kier alpha value is -1.33. The first-order chi connectivity index (χ1) is 7.19. The maximum atomic E-state index is 13.6. The zero-order chi connectivity index (χ0) is 11.3. The molecule has 0 saturated carbocycles. The molecule has 80 valence electrons. The first-order valence-corrected chi connectivity index (χ1v) is 5.12. The van der Waals surface area contributed by atoms with Gasteiger partial charge in [-0.15, -0.1) is 12.3 Å². The van der Waals surface area contributed by atoms with Crippen molar-refractivity contribution in [1.29, 1.82) is 0 Å². The van der Waals surface area contributed by atoms with Crippen LogP contribution in [0.4, 0.5) is 4.39 Å². The molecule has 0 aliphatic carbocycles. The van der Waals surface area contributed by atoms with E-state index in [4.69, 9.17) is 6.42 Å². The fourth-order valence-corrected chi connectivity index (χ4v) is 1.57.